The second kappa shape index (κ2) is 3.87. The van der Waals surface area contributed by atoms with Crippen molar-refractivity contribution < 1.29 is 0 Å². The van der Waals surface area contributed by atoms with Crippen LogP contribution in [0.4, 0.5) is 5.69 Å². The number of aromatic nitrogens is 2. The number of aryl methyl sites for hydroxylation is 1. The third kappa shape index (κ3) is 1.64. The fourth-order valence-electron chi connectivity index (χ4n) is 2.13. The lowest BCUT2D eigenvalue weighted by atomic mass is 10.2. The molecule has 0 bridgehead atoms. The Labute approximate surface area is 103 Å². The van der Waals surface area contributed by atoms with Crippen molar-refractivity contribution >= 4 is 5.69 Å². The zero-order chi connectivity index (χ0) is 12.7. The van der Waals surface area contributed by atoms with Crippen molar-refractivity contribution in [1.82, 2.24) is 9.36 Å². The van der Waals surface area contributed by atoms with Gasteiger partial charge in [-0.3, -0.25) is 9.59 Å². The highest BCUT2D eigenvalue weighted by Crippen LogP contribution is 2.18. The Morgan fingerprint density at radius 1 is 0.833 bits per heavy atom. The van der Waals surface area contributed by atoms with Gasteiger partial charge in [0.05, 0.1) is 0 Å². The van der Waals surface area contributed by atoms with E-state index in [-0.39, 0.29) is 11.1 Å². The number of anilines is 1. The minimum Gasteiger partial charge on any atom is -0.332 e. The standard InChI is InChI=1S/C13H13N3O2/c1-10-2-4-11(5-3-10)14-8-15-12(17)6-7-13(18)16(15)9-14/h2-7H,8-9H2,1H3. The monoisotopic (exact) mass is 243 g/mol. The second-order valence-corrected chi connectivity index (χ2v) is 4.47. The highest BCUT2D eigenvalue weighted by atomic mass is 16.2. The number of nitrogens with zero attached hydrogens (tertiary/aromatic N) is 3. The van der Waals surface area contributed by atoms with Gasteiger partial charge in [0.15, 0.2) is 0 Å². The highest BCUT2D eigenvalue weighted by Gasteiger charge is 2.19. The maximum Gasteiger partial charge on any atom is 0.267 e. The van der Waals surface area contributed by atoms with Gasteiger partial charge in [0.1, 0.15) is 13.3 Å². The van der Waals surface area contributed by atoms with Gasteiger partial charge in [0.2, 0.25) is 0 Å². The Balaban J connectivity index is 2.00. The van der Waals surface area contributed by atoms with Gasteiger partial charge in [-0.2, -0.15) is 0 Å². The molecule has 1 aliphatic rings. The Morgan fingerprint density at radius 3 is 1.83 bits per heavy atom. The molecule has 5 heteroatoms. The second-order valence-electron chi connectivity index (χ2n) is 4.47. The zero-order valence-electron chi connectivity index (χ0n) is 10.0. The minimum absolute atomic E-state index is 0.149. The Bertz CT molecular complexity index is 658. The average molecular weight is 243 g/mol. The molecule has 0 radical (unpaired) electrons. The summed E-state index contributed by atoms with van der Waals surface area (Å²) in [5, 5.41) is 0. The van der Waals surface area contributed by atoms with E-state index >= 15 is 0 Å². The molecule has 2 aromatic rings. The smallest absolute Gasteiger partial charge is 0.267 e. The summed E-state index contributed by atoms with van der Waals surface area (Å²) in [6, 6.07) is 10.7. The van der Waals surface area contributed by atoms with Gasteiger partial charge in [-0.25, -0.2) is 9.36 Å². The SMILES string of the molecule is Cc1ccc(N2Cn3c(=O)ccc(=O)n3C2)cc1. The molecule has 0 N–H and O–H groups in total. The van der Waals surface area contributed by atoms with Gasteiger partial charge in [-0.1, -0.05) is 17.7 Å². The third-order valence-corrected chi connectivity index (χ3v) is 3.18. The molecule has 0 saturated heterocycles. The normalized spacial score (nSPS) is 13.7. The summed E-state index contributed by atoms with van der Waals surface area (Å²) in [7, 11) is 0. The van der Waals surface area contributed by atoms with Crippen LogP contribution in [0.3, 0.4) is 0 Å². The van der Waals surface area contributed by atoms with Crippen LogP contribution >= 0.6 is 0 Å². The lowest BCUT2D eigenvalue weighted by Crippen LogP contribution is -2.32. The molecule has 0 aliphatic carbocycles. The molecule has 0 fully saturated rings. The quantitative estimate of drug-likeness (QED) is 0.742. The Morgan fingerprint density at radius 2 is 1.33 bits per heavy atom. The minimum atomic E-state index is -0.149. The van der Waals surface area contributed by atoms with Crippen LogP contribution in [0, 0.1) is 6.92 Å². The first-order valence-corrected chi connectivity index (χ1v) is 5.78. The van der Waals surface area contributed by atoms with E-state index in [2.05, 4.69) is 0 Å². The predicted octanol–water partition coefficient (Wildman–Crippen LogP) is 0.754. The Kier molecular flexibility index (Phi) is 2.33. The molecule has 0 saturated carbocycles. The number of hydrogen-bond donors (Lipinski definition) is 0. The van der Waals surface area contributed by atoms with E-state index in [1.807, 2.05) is 36.1 Å². The molecular formula is C13H13N3O2. The summed E-state index contributed by atoms with van der Waals surface area (Å²) in [4.78, 5) is 25.3. The molecule has 18 heavy (non-hydrogen) atoms. The lowest BCUT2D eigenvalue weighted by Gasteiger charge is -2.15. The van der Waals surface area contributed by atoms with Gasteiger partial charge in [-0.15, -0.1) is 0 Å². The highest BCUT2D eigenvalue weighted by molar-refractivity contribution is 5.46. The maximum atomic E-state index is 11.7. The average Bonchev–Trinajstić information content (AvgIpc) is 2.81. The summed E-state index contributed by atoms with van der Waals surface area (Å²) in [6.45, 7) is 2.85. The van der Waals surface area contributed by atoms with Crippen LogP contribution in [-0.2, 0) is 13.3 Å². The molecule has 0 atom stereocenters. The topological polar surface area (TPSA) is 47.2 Å². The molecule has 92 valence electrons. The van der Waals surface area contributed by atoms with Crippen molar-refractivity contribution in [2.45, 2.75) is 20.3 Å². The molecule has 1 aliphatic heterocycles. The zero-order valence-corrected chi connectivity index (χ0v) is 10.0. The van der Waals surface area contributed by atoms with Crippen molar-refractivity contribution in [3.63, 3.8) is 0 Å². The van der Waals surface area contributed by atoms with Crippen LogP contribution < -0.4 is 16.0 Å². The summed E-state index contributed by atoms with van der Waals surface area (Å²) < 4.78 is 2.92. The van der Waals surface area contributed by atoms with Gasteiger partial charge in [-0.05, 0) is 19.1 Å². The van der Waals surface area contributed by atoms with Crippen molar-refractivity contribution in [3.8, 4) is 0 Å². The van der Waals surface area contributed by atoms with E-state index in [0.717, 1.165) is 5.69 Å². The number of rotatable bonds is 1. The number of benzene rings is 1. The molecule has 0 unspecified atom stereocenters. The first-order chi connectivity index (χ1) is 8.65. The third-order valence-electron chi connectivity index (χ3n) is 3.18. The largest absolute Gasteiger partial charge is 0.332 e. The molecule has 5 nitrogen and oxygen atoms in total. The molecule has 3 rings (SSSR count). The van der Waals surface area contributed by atoms with E-state index in [9.17, 15) is 9.59 Å². The Hall–Kier alpha value is -2.30. The fraction of sp³-hybridized carbons (Fsp3) is 0.231. The van der Waals surface area contributed by atoms with Crippen LogP contribution in [0.15, 0.2) is 46.0 Å². The molecule has 2 heterocycles. The van der Waals surface area contributed by atoms with Crippen molar-refractivity contribution in [1.29, 1.82) is 0 Å². The molecule has 0 spiro atoms. The molecule has 0 amide bonds. The van der Waals surface area contributed by atoms with Gasteiger partial charge in [0, 0.05) is 17.8 Å². The first-order valence-electron chi connectivity index (χ1n) is 5.78. The van der Waals surface area contributed by atoms with Gasteiger partial charge >= 0.3 is 0 Å². The maximum absolute atomic E-state index is 11.7. The van der Waals surface area contributed by atoms with Crippen LogP contribution in [0.5, 0.6) is 0 Å². The summed E-state index contributed by atoms with van der Waals surface area (Å²) in [5.41, 5.74) is 1.90. The summed E-state index contributed by atoms with van der Waals surface area (Å²) >= 11 is 0. The first kappa shape index (κ1) is 10.8. The molecular weight excluding hydrogens is 230 g/mol. The number of hydrogen-bond acceptors (Lipinski definition) is 3. The van der Waals surface area contributed by atoms with E-state index in [1.54, 1.807) is 0 Å². The van der Waals surface area contributed by atoms with E-state index < -0.39 is 0 Å². The predicted molar refractivity (Wildman–Crippen MR) is 68.6 cm³/mol. The van der Waals surface area contributed by atoms with Gasteiger partial charge < -0.3 is 4.90 Å². The van der Waals surface area contributed by atoms with E-state index in [0.29, 0.717) is 13.3 Å². The van der Waals surface area contributed by atoms with Gasteiger partial charge in [0.25, 0.3) is 11.1 Å². The lowest BCUT2D eigenvalue weighted by molar-refractivity contribution is 0.548. The summed E-state index contributed by atoms with van der Waals surface area (Å²) in [6.07, 6.45) is 0. The summed E-state index contributed by atoms with van der Waals surface area (Å²) in [5.74, 6) is 0. The van der Waals surface area contributed by atoms with E-state index in [1.165, 1.54) is 27.1 Å². The fourth-order valence-corrected chi connectivity index (χ4v) is 2.13. The van der Waals surface area contributed by atoms with Crippen LogP contribution in [-0.4, -0.2) is 9.36 Å². The van der Waals surface area contributed by atoms with Crippen molar-refractivity contribution in [2.75, 3.05) is 4.90 Å². The molecule has 1 aromatic heterocycles. The van der Waals surface area contributed by atoms with Crippen molar-refractivity contribution in [3.05, 3.63) is 62.7 Å². The number of fused-ring (bicyclic) bond motifs is 1. The van der Waals surface area contributed by atoms with Crippen molar-refractivity contribution in [2.24, 2.45) is 0 Å². The molecule has 1 aromatic carbocycles. The van der Waals surface area contributed by atoms with E-state index in [4.69, 9.17) is 0 Å². The van der Waals surface area contributed by atoms with Crippen LogP contribution in [0.25, 0.3) is 0 Å². The van der Waals surface area contributed by atoms with Crippen LogP contribution in [0.2, 0.25) is 0 Å². The van der Waals surface area contributed by atoms with Crippen LogP contribution in [0.1, 0.15) is 5.56 Å².